The Morgan fingerprint density at radius 2 is 2.10 bits per heavy atom. The highest BCUT2D eigenvalue weighted by Crippen LogP contribution is 2.37. The van der Waals surface area contributed by atoms with E-state index >= 15 is 0 Å². The van der Waals surface area contributed by atoms with Crippen molar-refractivity contribution in [2.45, 2.75) is 6.54 Å². The highest BCUT2D eigenvalue weighted by atomic mass is 16.5. The zero-order chi connectivity index (χ0) is 21.1. The first-order valence-electron chi connectivity index (χ1n) is 9.55. The highest BCUT2D eigenvalue weighted by Gasteiger charge is 2.20. The summed E-state index contributed by atoms with van der Waals surface area (Å²) in [5.41, 5.74) is 1.17. The first kappa shape index (κ1) is 19.8. The molecule has 0 bridgehead atoms. The number of rotatable bonds is 6. The van der Waals surface area contributed by atoms with Crippen LogP contribution in [0, 0.1) is 0 Å². The Hall–Kier alpha value is -3.53. The second kappa shape index (κ2) is 8.46. The van der Waals surface area contributed by atoms with Crippen LogP contribution in [0.2, 0.25) is 0 Å². The fourth-order valence-electron chi connectivity index (χ4n) is 3.25. The summed E-state index contributed by atoms with van der Waals surface area (Å²) in [6.07, 6.45) is 4.23. The van der Waals surface area contributed by atoms with Crippen molar-refractivity contribution < 1.29 is 14.3 Å². The van der Waals surface area contributed by atoms with Gasteiger partial charge >= 0.3 is 0 Å². The number of hydrogen-bond donors (Lipinski definition) is 1. The molecule has 0 unspecified atom stereocenters. The van der Waals surface area contributed by atoms with E-state index in [2.05, 4.69) is 25.3 Å². The van der Waals surface area contributed by atoms with Crippen molar-refractivity contribution in [3.8, 4) is 11.5 Å². The van der Waals surface area contributed by atoms with Gasteiger partial charge in [0.2, 0.25) is 5.62 Å². The number of fused-ring (bicyclic) bond motifs is 3. The maximum absolute atomic E-state index is 12.6. The number of likely N-dealkylation sites (N-methyl/N-ethyl adjacent to an activating group) is 1. The molecule has 30 heavy (non-hydrogen) atoms. The molecule has 0 spiro atoms. The van der Waals surface area contributed by atoms with Gasteiger partial charge in [0.25, 0.3) is 5.91 Å². The van der Waals surface area contributed by atoms with Gasteiger partial charge in [-0.05, 0) is 26.2 Å². The van der Waals surface area contributed by atoms with Crippen molar-refractivity contribution in [2.75, 3.05) is 46.2 Å². The molecule has 0 saturated carbocycles. The van der Waals surface area contributed by atoms with Crippen molar-refractivity contribution in [2.24, 2.45) is 4.99 Å². The monoisotopic (exact) mass is 409 g/mol. The van der Waals surface area contributed by atoms with Gasteiger partial charge in [0.1, 0.15) is 24.3 Å². The van der Waals surface area contributed by atoms with Gasteiger partial charge in [0, 0.05) is 37.4 Å². The van der Waals surface area contributed by atoms with Crippen LogP contribution in [0.1, 0.15) is 10.4 Å². The van der Waals surface area contributed by atoms with Crippen LogP contribution in [0.5, 0.6) is 11.5 Å². The quantitative estimate of drug-likeness (QED) is 0.641. The van der Waals surface area contributed by atoms with E-state index in [9.17, 15) is 4.79 Å². The lowest BCUT2D eigenvalue weighted by Gasteiger charge is -2.16. The Bertz CT molecular complexity index is 1140. The Balaban J connectivity index is 1.83. The molecule has 10 heteroatoms. The van der Waals surface area contributed by atoms with Gasteiger partial charge in [-0.1, -0.05) is 0 Å². The first-order valence-corrected chi connectivity index (χ1v) is 9.55. The largest absolute Gasteiger partial charge is 0.491 e. The summed E-state index contributed by atoms with van der Waals surface area (Å²) in [6, 6.07) is 3.82. The van der Waals surface area contributed by atoms with Crippen LogP contribution in [0.25, 0.3) is 10.9 Å². The molecule has 1 aliphatic rings. The van der Waals surface area contributed by atoms with E-state index in [1.807, 2.05) is 35.7 Å². The molecule has 0 atom stereocenters. The highest BCUT2D eigenvalue weighted by molar-refractivity contribution is 5.96. The van der Waals surface area contributed by atoms with Crippen molar-refractivity contribution in [1.82, 2.24) is 24.4 Å². The summed E-state index contributed by atoms with van der Waals surface area (Å²) < 4.78 is 13.4. The molecule has 156 valence electrons. The molecular weight excluding hydrogens is 386 g/mol. The number of nitrogens with zero attached hydrogens (tertiary/aromatic N) is 6. The van der Waals surface area contributed by atoms with Gasteiger partial charge in [-0.25, -0.2) is 15.0 Å². The number of hydrogen-bond acceptors (Lipinski definition) is 8. The number of anilines is 1. The minimum Gasteiger partial charge on any atom is -0.491 e. The van der Waals surface area contributed by atoms with E-state index < -0.39 is 5.91 Å². The normalized spacial score (nSPS) is 13.4. The topological polar surface area (TPSA) is 107 Å². The molecule has 2 aromatic heterocycles. The third-order valence-corrected chi connectivity index (χ3v) is 4.71. The number of carbonyl (C=O) groups is 1. The van der Waals surface area contributed by atoms with E-state index in [0.29, 0.717) is 41.3 Å². The number of methoxy groups -OCH3 is 1. The third-order valence-electron chi connectivity index (χ3n) is 4.71. The molecule has 1 aliphatic heterocycles. The van der Waals surface area contributed by atoms with Gasteiger partial charge in [-0.3, -0.25) is 9.36 Å². The number of carbonyl (C=O) groups excluding carboxylic acids is 1. The third kappa shape index (κ3) is 3.81. The number of benzene rings is 1. The molecule has 4 rings (SSSR count). The molecular formula is C20H23N7O3. The molecule has 1 N–H and O–H groups in total. The van der Waals surface area contributed by atoms with E-state index in [4.69, 9.17) is 9.47 Å². The van der Waals surface area contributed by atoms with E-state index in [-0.39, 0.29) is 0 Å². The summed E-state index contributed by atoms with van der Waals surface area (Å²) in [7, 11) is 5.54. The molecule has 0 fully saturated rings. The van der Waals surface area contributed by atoms with Crippen molar-refractivity contribution in [1.29, 1.82) is 0 Å². The summed E-state index contributed by atoms with van der Waals surface area (Å²) in [5, 5.41) is 4.22. The van der Waals surface area contributed by atoms with Crippen LogP contribution in [-0.4, -0.2) is 71.2 Å². The Morgan fingerprint density at radius 3 is 2.83 bits per heavy atom. The molecule has 3 aromatic rings. The minimum absolute atomic E-state index is 0.292. The molecule has 3 heterocycles. The maximum Gasteiger partial charge on any atom is 0.283 e. The van der Waals surface area contributed by atoms with Crippen molar-refractivity contribution in [3.05, 3.63) is 42.0 Å². The van der Waals surface area contributed by atoms with E-state index in [1.165, 1.54) is 18.7 Å². The second-order valence-electron chi connectivity index (χ2n) is 7.03. The standard InChI is InChI=1S/C20H23N7O3/c1-26(2)8-9-30-15-5-4-14-16(17(15)29-3)24-20(27-7-6-23-18(14)27)25-19(28)13-10-21-12-22-11-13/h4-5,10-12,23H,6-9H2,1-3H3. The number of nitrogens with one attached hydrogen (secondary N) is 1. The first-order chi connectivity index (χ1) is 14.6. The van der Waals surface area contributed by atoms with Gasteiger partial charge in [0.15, 0.2) is 11.5 Å². The Kier molecular flexibility index (Phi) is 5.57. The summed E-state index contributed by atoms with van der Waals surface area (Å²) in [6.45, 7) is 2.65. The summed E-state index contributed by atoms with van der Waals surface area (Å²) in [4.78, 5) is 31.3. The predicted octanol–water partition coefficient (Wildman–Crippen LogP) is 0.942. The molecule has 10 nitrogen and oxygen atoms in total. The van der Waals surface area contributed by atoms with Crippen molar-refractivity contribution in [3.63, 3.8) is 0 Å². The van der Waals surface area contributed by atoms with Gasteiger partial charge < -0.3 is 19.7 Å². The Morgan fingerprint density at radius 1 is 1.30 bits per heavy atom. The summed E-state index contributed by atoms with van der Waals surface area (Å²) in [5.74, 6) is 1.49. The van der Waals surface area contributed by atoms with E-state index in [1.54, 1.807) is 7.11 Å². The lowest BCUT2D eigenvalue weighted by molar-refractivity contribution is 0.0995. The lowest BCUT2D eigenvalue weighted by atomic mass is 10.2. The fourth-order valence-corrected chi connectivity index (χ4v) is 3.25. The van der Waals surface area contributed by atoms with Gasteiger partial charge in [0.05, 0.1) is 12.7 Å². The molecule has 1 amide bonds. The van der Waals surface area contributed by atoms with E-state index in [0.717, 1.165) is 24.3 Å². The number of amides is 1. The molecule has 0 radical (unpaired) electrons. The average molecular weight is 409 g/mol. The Labute approximate surface area is 173 Å². The lowest BCUT2D eigenvalue weighted by Crippen LogP contribution is -2.25. The zero-order valence-corrected chi connectivity index (χ0v) is 17.1. The minimum atomic E-state index is -0.457. The average Bonchev–Trinajstić information content (AvgIpc) is 3.24. The SMILES string of the molecule is COc1c(OCCN(C)C)ccc2c3n(c(=NC(=O)c4cncnc4)nc12)CCN3. The van der Waals surface area contributed by atoms with Crippen LogP contribution in [0.15, 0.2) is 35.8 Å². The molecule has 0 saturated heterocycles. The van der Waals surface area contributed by atoms with Gasteiger partial charge in [-0.15, -0.1) is 0 Å². The van der Waals surface area contributed by atoms with Crippen LogP contribution < -0.4 is 20.4 Å². The van der Waals surface area contributed by atoms with Crippen LogP contribution in [0.3, 0.4) is 0 Å². The second-order valence-corrected chi connectivity index (χ2v) is 7.03. The van der Waals surface area contributed by atoms with Crippen LogP contribution in [-0.2, 0) is 6.54 Å². The smallest absolute Gasteiger partial charge is 0.283 e. The summed E-state index contributed by atoms with van der Waals surface area (Å²) >= 11 is 0. The number of ether oxygens (including phenoxy) is 2. The van der Waals surface area contributed by atoms with Gasteiger partial charge in [-0.2, -0.15) is 4.99 Å². The molecule has 0 aliphatic carbocycles. The number of aromatic nitrogens is 4. The van der Waals surface area contributed by atoms with Crippen molar-refractivity contribution >= 4 is 22.6 Å². The van der Waals surface area contributed by atoms with Crippen LogP contribution in [0.4, 0.5) is 5.82 Å². The fraction of sp³-hybridized carbons (Fsp3) is 0.350. The maximum atomic E-state index is 12.6. The molecule has 1 aromatic carbocycles. The zero-order valence-electron chi connectivity index (χ0n) is 17.1. The van der Waals surface area contributed by atoms with Crippen LogP contribution >= 0.6 is 0 Å². The predicted molar refractivity (Wildman–Crippen MR) is 111 cm³/mol.